The first-order valence-corrected chi connectivity index (χ1v) is 27.8. The van der Waals surface area contributed by atoms with Gasteiger partial charge in [-0.3, -0.25) is 14.4 Å². The van der Waals surface area contributed by atoms with Gasteiger partial charge in [0.1, 0.15) is 13.2 Å². The second-order valence-corrected chi connectivity index (χ2v) is 18.5. The van der Waals surface area contributed by atoms with Crippen molar-refractivity contribution in [2.45, 2.75) is 284 Å². The van der Waals surface area contributed by atoms with Crippen molar-refractivity contribution >= 4 is 17.9 Å². The fourth-order valence-corrected chi connectivity index (χ4v) is 7.85. The van der Waals surface area contributed by atoms with E-state index in [9.17, 15) is 14.4 Å². The molecule has 0 aromatic carbocycles. The van der Waals surface area contributed by atoms with E-state index in [0.29, 0.717) is 19.3 Å². The fraction of sp³-hybridized carbons (Fsp3) is 0.780. The number of rotatable bonds is 50. The maximum absolute atomic E-state index is 12.8. The van der Waals surface area contributed by atoms with Gasteiger partial charge in [0, 0.05) is 19.3 Å². The maximum Gasteiger partial charge on any atom is 0.306 e. The third-order valence-electron chi connectivity index (χ3n) is 12.0. The van der Waals surface area contributed by atoms with Crippen molar-refractivity contribution in [1.29, 1.82) is 0 Å². The van der Waals surface area contributed by atoms with Crippen LogP contribution >= 0.6 is 0 Å². The molecule has 0 aromatic rings. The Kier molecular flexibility index (Phi) is 51.3. The van der Waals surface area contributed by atoms with Crippen molar-refractivity contribution in [2.24, 2.45) is 0 Å². The third kappa shape index (κ3) is 51.9. The van der Waals surface area contributed by atoms with Crippen molar-refractivity contribution in [2.75, 3.05) is 13.2 Å². The van der Waals surface area contributed by atoms with E-state index in [1.807, 2.05) is 0 Å². The molecule has 0 heterocycles. The van der Waals surface area contributed by atoms with Crippen LogP contribution in [0.4, 0.5) is 0 Å². The molecule has 0 rings (SSSR count). The van der Waals surface area contributed by atoms with Gasteiger partial charge in [-0.05, 0) is 77.0 Å². The SMILES string of the molecule is CC/C=C\C/C=C\C/C=C\C/C=C\CCCCC(=O)OC(COC(=O)CCCCCCC/C=C\CCC)COC(=O)CCCCCCCCCCCCCCCCCCCCCCCC. The number of hydrogen-bond donors (Lipinski definition) is 0. The molecule has 6 heteroatoms. The van der Waals surface area contributed by atoms with Crippen LogP contribution in [0.5, 0.6) is 0 Å². The van der Waals surface area contributed by atoms with Gasteiger partial charge in [-0.25, -0.2) is 0 Å². The molecule has 1 atom stereocenters. The van der Waals surface area contributed by atoms with E-state index in [1.165, 1.54) is 135 Å². The van der Waals surface area contributed by atoms with Crippen LogP contribution in [-0.2, 0) is 28.6 Å². The van der Waals surface area contributed by atoms with Crippen LogP contribution in [0.1, 0.15) is 278 Å². The average molecular weight is 909 g/mol. The van der Waals surface area contributed by atoms with E-state index in [4.69, 9.17) is 14.2 Å². The Hall–Kier alpha value is -2.89. The first-order valence-electron chi connectivity index (χ1n) is 27.8. The number of hydrogen-bond acceptors (Lipinski definition) is 6. The van der Waals surface area contributed by atoms with Crippen molar-refractivity contribution in [3.05, 3.63) is 60.8 Å². The zero-order valence-electron chi connectivity index (χ0n) is 43.0. The minimum Gasteiger partial charge on any atom is -0.462 e. The minimum absolute atomic E-state index is 0.0915. The topological polar surface area (TPSA) is 78.9 Å². The molecule has 376 valence electrons. The Bertz CT molecular complexity index is 1180. The van der Waals surface area contributed by atoms with Gasteiger partial charge in [0.2, 0.25) is 0 Å². The van der Waals surface area contributed by atoms with Crippen LogP contribution in [0.2, 0.25) is 0 Å². The molecule has 0 saturated carbocycles. The second kappa shape index (κ2) is 53.7. The number of unbranched alkanes of at least 4 members (excludes halogenated alkanes) is 29. The highest BCUT2D eigenvalue weighted by atomic mass is 16.6. The zero-order valence-corrected chi connectivity index (χ0v) is 43.0. The number of esters is 3. The highest BCUT2D eigenvalue weighted by molar-refractivity contribution is 5.71. The van der Waals surface area contributed by atoms with Crippen LogP contribution in [-0.4, -0.2) is 37.2 Å². The first kappa shape index (κ1) is 62.1. The average Bonchev–Trinajstić information content (AvgIpc) is 3.30. The third-order valence-corrected chi connectivity index (χ3v) is 12.0. The molecule has 0 amide bonds. The molecule has 0 spiro atoms. The van der Waals surface area contributed by atoms with E-state index < -0.39 is 6.10 Å². The lowest BCUT2D eigenvalue weighted by Gasteiger charge is -2.18. The van der Waals surface area contributed by atoms with Gasteiger partial charge in [0.25, 0.3) is 0 Å². The molecular formula is C59H104O6. The highest BCUT2D eigenvalue weighted by Gasteiger charge is 2.19. The van der Waals surface area contributed by atoms with Gasteiger partial charge in [-0.1, -0.05) is 242 Å². The Morgan fingerprint density at radius 1 is 0.323 bits per heavy atom. The van der Waals surface area contributed by atoms with Crippen LogP contribution in [0.25, 0.3) is 0 Å². The van der Waals surface area contributed by atoms with Gasteiger partial charge < -0.3 is 14.2 Å². The summed E-state index contributed by atoms with van der Waals surface area (Å²) in [4.78, 5) is 38.0. The highest BCUT2D eigenvalue weighted by Crippen LogP contribution is 2.16. The van der Waals surface area contributed by atoms with Crippen molar-refractivity contribution in [3.63, 3.8) is 0 Å². The molecular weight excluding hydrogens is 805 g/mol. The van der Waals surface area contributed by atoms with Crippen LogP contribution < -0.4 is 0 Å². The summed E-state index contributed by atoms with van der Waals surface area (Å²) in [6.07, 6.45) is 66.6. The Morgan fingerprint density at radius 2 is 0.631 bits per heavy atom. The van der Waals surface area contributed by atoms with E-state index in [-0.39, 0.29) is 37.5 Å². The summed E-state index contributed by atoms with van der Waals surface area (Å²) < 4.78 is 16.8. The Morgan fingerprint density at radius 3 is 1.05 bits per heavy atom. The molecule has 0 saturated heterocycles. The number of ether oxygens (including phenoxy) is 3. The van der Waals surface area contributed by atoms with Crippen molar-refractivity contribution < 1.29 is 28.6 Å². The van der Waals surface area contributed by atoms with Gasteiger partial charge in [0.05, 0.1) is 0 Å². The summed E-state index contributed by atoms with van der Waals surface area (Å²) in [5.41, 5.74) is 0. The Balaban J connectivity index is 4.28. The lowest BCUT2D eigenvalue weighted by molar-refractivity contribution is -0.167. The predicted octanol–water partition coefficient (Wildman–Crippen LogP) is 18.4. The summed E-state index contributed by atoms with van der Waals surface area (Å²) in [6.45, 7) is 6.44. The van der Waals surface area contributed by atoms with E-state index >= 15 is 0 Å². The van der Waals surface area contributed by atoms with E-state index in [2.05, 4.69) is 81.5 Å². The second-order valence-electron chi connectivity index (χ2n) is 18.5. The van der Waals surface area contributed by atoms with Crippen LogP contribution in [0.3, 0.4) is 0 Å². The monoisotopic (exact) mass is 909 g/mol. The smallest absolute Gasteiger partial charge is 0.306 e. The molecule has 0 aliphatic heterocycles. The molecule has 0 fully saturated rings. The molecule has 6 nitrogen and oxygen atoms in total. The summed E-state index contributed by atoms with van der Waals surface area (Å²) >= 11 is 0. The van der Waals surface area contributed by atoms with Gasteiger partial charge in [0.15, 0.2) is 6.10 Å². The summed E-state index contributed by atoms with van der Waals surface area (Å²) in [5.74, 6) is -0.937. The summed E-state index contributed by atoms with van der Waals surface area (Å²) in [5, 5.41) is 0. The standard InChI is InChI=1S/C59H104O6/c1-4-7-10-13-16-19-22-24-26-27-28-29-30-31-32-34-35-37-40-43-46-49-52-58(61)64-55-56(54-63-57(60)51-48-45-42-39-21-18-15-12-9-6-3)65-59(62)53-50-47-44-41-38-36-33-25-23-20-17-14-11-8-5-2/h8,11-12,15,17,20,25,33,38,41,56H,4-7,9-10,13-14,16,18-19,21-24,26-32,34-37,39-40,42-55H2,1-3H3/b11-8-,15-12-,20-17-,33-25-,41-38-. The summed E-state index contributed by atoms with van der Waals surface area (Å²) in [7, 11) is 0. The molecule has 0 radical (unpaired) electrons. The molecule has 0 N–H and O–H groups in total. The van der Waals surface area contributed by atoms with Crippen LogP contribution in [0, 0.1) is 0 Å². The molecule has 0 bridgehead atoms. The molecule has 65 heavy (non-hydrogen) atoms. The number of allylic oxidation sites excluding steroid dienone is 10. The zero-order chi connectivity index (χ0) is 47.2. The maximum atomic E-state index is 12.8. The van der Waals surface area contributed by atoms with Crippen molar-refractivity contribution in [3.8, 4) is 0 Å². The van der Waals surface area contributed by atoms with Gasteiger partial charge in [-0.2, -0.15) is 0 Å². The van der Waals surface area contributed by atoms with E-state index in [1.54, 1.807) is 0 Å². The molecule has 0 aliphatic rings. The molecule has 1 unspecified atom stereocenters. The Labute approximate surface area is 402 Å². The van der Waals surface area contributed by atoms with Crippen LogP contribution in [0.15, 0.2) is 60.8 Å². The van der Waals surface area contributed by atoms with Gasteiger partial charge >= 0.3 is 17.9 Å². The minimum atomic E-state index is -0.796. The number of carbonyl (C=O) groups excluding carboxylic acids is 3. The predicted molar refractivity (Wildman–Crippen MR) is 279 cm³/mol. The largest absolute Gasteiger partial charge is 0.462 e. The fourth-order valence-electron chi connectivity index (χ4n) is 7.85. The normalized spacial score (nSPS) is 12.5. The molecule has 0 aliphatic carbocycles. The molecule has 0 aromatic heterocycles. The lowest BCUT2D eigenvalue weighted by atomic mass is 10.0. The first-order chi connectivity index (χ1) is 32.0. The quantitative estimate of drug-likeness (QED) is 0.0262. The van der Waals surface area contributed by atoms with Gasteiger partial charge in [-0.15, -0.1) is 0 Å². The van der Waals surface area contributed by atoms with Crippen molar-refractivity contribution in [1.82, 2.24) is 0 Å². The lowest BCUT2D eigenvalue weighted by Crippen LogP contribution is -2.30. The van der Waals surface area contributed by atoms with E-state index in [0.717, 1.165) is 96.3 Å². The number of carbonyl (C=O) groups is 3. The summed E-state index contributed by atoms with van der Waals surface area (Å²) in [6, 6.07) is 0.